The summed E-state index contributed by atoms with van der Waals surface area (Å²) in [5.74, 6) is 2.00. The number of rotatable bonds is 8. The first kappa shape index (κ1) is 19.0. The van der Waals surface area contributed by atoms with Gasteiger partial charge in [0, 0.05) is 5.56 Å². The van der Waals surface area contributed by atoms with Gasteiger partial charge in [0.15, 0.2) is 0 Å². The Morgan fingerprint density at radius 2 is 1.54 bits per heavy atom. The van der Waals surface area contributed by atoms with Crippen LogP contribution in [-0.4, -0.2) is 37.5 Å². The van der Waals surface area contributed by atoms with Gasteiger partial charge in [0.05, 0.1) is 39.3 Å². The van der Waals surface area contributed by atoms with Crippen molar-refractivity contribution in [1.82, 2.24) is 9.97 Å². The Kier molecular flexibility index (Phi) is 6.25. The lowest BCUT2D eigenvalue weighted by atomic mass is 10.2. The Morgan fingerprint density at radius 3 is 2.18 bits per heavy atom. The van der Waals surface area contributed by atoms with Gasteiger partial charge < -0.3 is 18.9 Å². The van der Waals surface area contributed by atoms with Crippen molar-refractivity contribution in [2.75, 3.05) is 26.8 Å². The highest BCUT2D eigenvalue weighted by Gasteiger charge is 2.09. The van der Waals surface area contributed by atoms with E-state index >= 15 is 0 Å². The molecule has 0 unspecified atom stereocenters. The van der Waals surface area contributed by atoms with Gasteiger partial charge in [0.2, 0.25) is 11.8 Å². The van der Waals surface area contributed by atoms with E-state index < -0.39 is 0 Å². The second kappa shape index (κ2) is 9.22. The number of benzene rings is 2. The van der Waals surface area contributed by atoms with Gasteiger partial charge in [-0.15, -0.1) is 0 Å². The first-order valence-corrected chi connectivity index (χ1v) is 8.39. The minimum Gasteiger partial charge on any atom is -0.497 e. The second-order valence-corrected chi connectivity index (χ2v) is 5.47. The maximum atomic E-state index is 5.81. The number of nitrogens with one attached hydrogen (secondary N) is 1. The molecule has 0 bridgehead atoms. The molecule has 0 amide bonds. The maximum absolute atomic E-state index is 5.81. The minimum atomic E-state index is 0.111. The van der Waals surface area contributed by atoms with E-state index in [-0.39, 0.29) is 6.01 Å². The number of anilines is 1. The predicted octanol–water partition coefficient (Wildman–Crippen LogP) is 3.74. The van der Waals surface area contributed by atoms with Crippen molar-refractivity contribution in [1.29, 1.82) is 0 Å². The molecule has 1 heterocycles. The number of aromatic nitrogens is 2. The molecule has 144 valence electrons. The molecule has 1 aromatic heterocycles. The van der Waals surface area contributed by atoms with Gasteiger partial charge in [-0.05, 0) is 36.4 Å². The number of nitrogens with zero attached hydrogens (tertiary/aromatic N) is 3. The molecule has 3 rings (SSSR count). The molecule has 28 heavy (non-hydrogen) atoms. The molecule has 8 heteroatoms. The van der Waals surface area contributed by atoms with Crippen LogP contribution in [0.4, 0.5) is 5.69 Å². The molecule has 8 nitrogen and oxygen atoms in total. The van der Waals surface area contributed by atoms with Crippen LogP contribution in [0.3, 0.4) is 0 Å². The molecule has 0 aliphatic rings. The minimum absolute atomic E-state index is 0.111. The average Bonchev–Trinajstić information content (AvgIpc) is 2.75. The molecule has 3 aromatic rings. The Bertz CT molecular complexity index is 923. The predicted molar refractivity (Wildman–Crippen MR) is 106 cm³/mol. The Hall–Kier alpha value is -3.81. The van der Waals surface area contributed by atoms with Crippen LogP contribution >= 0.6 is 0 Å². The Balaban J connectivity index is 1.75. The zero-order valence-corrected chi connectivity index (χ0v) is 15.7. The van der Waals surface area contributed by atoms with Crippen LogP contribution in [0, 0.1) is 0 Å². The van der Waals surface area contributed by atoms with Crippen LogP contribution in [0.1, 0.15) is 5.56 Å². The summed E-state index contributed by atoms with van der Waals surface area (Å²) in [4.78, 5) is 8.35. The number of hydrogen-bond acceptors (Lipinski definition) is 8. The van der Waals surface area contributed by atoms with E-state index in [4.69, 9.17) is 18.9 Å². The van der Waals surface area contributed by atoms with Crippen molar-refractivity contribution in [3.63, 3.8) is 0 Å². The van der Waals surface area contributed by atoms with Crippen LogP contribution in [0.2, 0.25) is 0 Å². The lowest BCUT2D eigenvalue weighted by Crippen LogP contribution is -1.99. The largest absolute Gasteiger partial charge is 0.497 e. The highest BCUT2D eigenvalue weighted by molar-refractivity contribution is 5.84. The number of para-hydroxylation sites is 1. The van der Waals surface area contributed by atoms with Crippen molar-refractivity contribution < 1.29 is 18.9 Å². The third-order valence-corrected chi connectivity index (χ3v) is 3.68. The van der Waals surface area contributed by atoms with E-state index in [9.17, 15) is 0 Å². The van der Waals surface area contributed by atoms with Gasteiger partial charge in [-0.2, -0.15) is 15.1 Å². The number of ether oxygens (including phenoxy) is 4. The van der Waals surface area contributed by atoms with E-state index in [2.05, 4.69) is 20.5 Å². The van der Waals surface area contributed by atoms with Crippen LogP contribution in [0.5, 0.6) is 29.3 Å². The summed E-state index contributed by atoms with van der Waals surface area (Å²) in [6.07, 6.45) is 1.65. The normalized spacial score (nSPS) is 10.5. The van der Waals surface area contributed by atoms with Crippen molar-refractivity contribution in [2.45, 2.75) is 0 Å². The Labute approximate surface area is 162 Å². The van der Waals surface area contributed by atoms with Gasteiger partial charge in [-0.25, -0.2) is 0 Å². The van der Waals surface area contributed by atoms with Crippen molar-refractivity contribution in [3.05, 3.63) is 60.2 Å². The van der Waals surface area contributed by atoms with Gasteiger partial charge >= 0.3 is 6.01 Å². The summed E-state index contributed by atoms with van der Waals surface area (Å²) in [7, 11) is 4.65. The van der Waals surface area contributed by atoms with E-state index in [1.807, 2.05) is 42.5 Å². The molecule has 0 spiro atoms. The van der Waals surface area contributed by atoms with Crippen molar-refractivity contribution >= 4 is 11.9 Å². The van der Waals surface area contributed by atoms with E-state index in [0.29, 0.717) is 17.5 Å². The molecule has 1 N–H and O–H groups in total. The molecule has 0 aliphatic heterocycles. The summed E-state index contributed by atoms with van der Waals surface area (Å²) in [6, 6.07) is 16.5. The first-order chi connectivity index (χ1) is 13.7. The van der Waals surface area contributed by atoms with Crippen molar-refractivity contribution in [2.24, 2.45) is 5.10 Å². The summed E-state index contributed by atoms with van der Waals surface area (Å²) in [5.41, 5.74) is 4.53. The summed E-state index contributed by atoms with van der Waals surface area (Å²) in [5, 5.41) is 4.25. The quantitative estimate of drug-likeness (QED) is 0.470. The zero-order chi connectivity index (χ0) is 19.8. The third kappa shape index (κ3) is 4.88. The lowest BCUT2D eigenvalue weighted by molar-refractivity contribution is 0.348. The summed E-state index contributed by atoms with van der Waals surface area (Å²) < 4.78 is 21.2. The van der Waals surface area contributed by atoms with Crippen molar-refractivity contribution in [3.8, 4) is 29.3 Å². The first-order valence-electron chi connectivity index (χ1n) is 8.39. The molecule has 0 saturated carbocycles. The molecule has 0 aliphatic carbocycles. The van der Waals surface area contributed by atoms with Crippen LogP contribution in [0.25, 0.3) is 0 Å². The Morgan fingerprint density at radius 1 is 0.857 bits per heavy atom. The lowest BCUT2D eigenvalue weighted by Gasteiger charge is -2.09. The molecular formula is C20H20N4O4. The highest BCUT2D eigenvalue weighted by Crippen LogP contribution is 2.25. The zero-order valence-electron chi connectivity index (χ0n) is 15.7. The van der Waals surface area contributed by atoms with Gasteiger partial charge in [0.1, 0.15) is 11.5 Å². The average molecular weight is 380 g/mol. The standard InChI is InChI=1S/C20H20N4O4/c1-25-16-10-8-15(9-11-16)24-21-13-14-6-4-5-7-17(14)28-20-22-18(26-2)12-19(23-20)27-3/h4-13,24H,1-3H3. The highest BCUT2D eigenvalue weighted by atomic mass is 16.5. The SMILES string of the molecule is COc1ccc(NN=Cc2ccccc2Oc2nc(OC)cc(OC)n2)cc1. The second-order valence-electron chi connectivity index (χ2n) is 5.47. The molecule has 0 fully saturated rings. The smallest absolute Gasteiger partial charge is 0.328 e. The van der Waals surface area contributed by atoms with Gasteiger partial charge in [-0.3, -0.25) is 5.43 Å². The molecule has 0 saturated heterocycles. The topological polar surface area (TPSA) is 87.1 Å². The maximum Gasteiger partial charge on any atom is 0.328 e. The number of hydrazone groups is 1. The van der Waals surface area contributed by atoms with E-state index in [1.54, 1.807) is 25.5 Å². The molecule has 0 radical (unpaired) electrons. The summed E-state index contributed by atoms with van der Waals surface area (Å²) in [6.45, 7) is 0. The molecule has 2 aromatic carbocycles. The van der Waals surface area contributed by atoms with E-state index in [0.717, 1.165) is 17.0 Å². The fourth-order valence-corrected chi connectivity index (χ4v) is 2.26. The number of methoxy groups -OCH3 is 3. The van der Waals surface area contributed by atoms with Gasteiger partial charge in [-0.1, -0.05) is 12.1 Å². The third-order valence-electron chi connectivity index (χ3n) is 3.68. The number of hydrogen-bond donors (Lipinski definition) is 1. The van der Waals surface area contributed by atoms with Gasteiger partial charge in [0.25, 0.3) is 0 Å². The fourth-order valence-electron chi connectivity index (χ4n) is 2.26. The van der Waals surface area contributed by atoms with E-state index in [1.165, 1.54) is 14.2 Å². The fraction of sp³-hybridized carbons (Fsp3) is 0.150. The van der Waals surface area contributed by atoms with Crippen LogP contribution < -0.4 is 24.4 Å². The summed E-state index contributed by atoms with van der Waals surface area (Å²) >= 11 is 0. The van der Waals surface area contributed by atoms with Crippen LogP contribution in [-0.2, 0) is 0 Å². The molecular weight excluding hydrogens is 360 g/mol. The molecule has 0 atom stereocenters. The van der Waals surface area contributed by atoms with Crippen LogP contribution in [0.15, 0.2) is 59.7 Å². The monoisotopic (exact) mass is 380 g/mol.